The number of benzene rings is 2. The standard InChI is InChI=1S/C17H15FN2O/c1-11-7-8-12(9-15(11)18)19-17(21)14-10-20(2)16-6-4-3-5-13(14)16/h3-10H,1-2H3,(H,19,21). The number of aryl methyl sites for hydroxylation is 2. The number of nitrogens with zero attached hydrogens (tertiary/aromatic N) is 1. The van der Waals surface area contributed by atoms with Crippen LogP contribution in [0.3, 0.4) is 0 Å². The van der Waals surface area contributed by atoms with Crippen molar-refractivity contribution in [3.8, 4) is 0 Å². The Bertz CT molecular complexity index is 836. The van der Waals surface area contributed by atoms with Crippen LogP contribution in [0.15, 0.2) is 48.7 Å². The van der Waals surface area contributed by atoms with E-state index in [1.807, 2.05) is 35.9 Å². The smallest absolute Gasteiger partial charge is 0.257 e. The zero-order valence-electron chi connectivity index (χ0n) is 11.9. The van der Waals surface area contributed by atoms with Gasteiger partial charge in [-0.25, -0.2) is 4.39 Å². The first-order chi connectivity index (χ1) is 10.1. The Kier molecular flexibility index (Phi) is 3.22. The third kappa shape index (κ3) is 2.40. The number of carbonyl (C=O) groups is 1. The van der Waals surface area contributed by atoms with Crippen LogP contribution in [0.25, 0.3) is 10.9 Å². The van der Waals surface area contributed by atoms with Gasteiger partial charge in [-0.2, -0.15) is 0 Å². The molecule has 0 saturated heterocycles. The predicted molar refractivity (Wildman–Crippen MR) is 82.0 cm³/mol. The molecule has 1 heterocycles. The summed E-state index contributed by atoms with van der Waals surface area (Å²) in [5.41, 5.74) is 2.57. The monoisotopic (exact) mass is 282 g/mol. The summed E-state index contributed by atoms with van der Waals surface area (Å²) in [6, 6.07) is 12.4. The maximum absolute atomic E-state index is 13.5. The molecule has 1 aromatic heterocycles. The van der Waals surface area contributed by atoms with Crippen molar-refractivity contribution >= 4 is 22.5 Å². The highest BCUT2D eigenvalue weighted by molar-refractivity contribution is 6.12. The summed E-state index contributed by atoms with van der Waals surface area (Å²) >= 11 is 0. The minimum atomic E-state index is -0.328. The average Bonchev–Trinajstić information content (AvgIpc) is 2.81. The second-order valence-corrected chi connectivity index (χ2v) is 5.09. The quantitative estimate of drug-likeness (QED) is 0.760. The summed E-state index contributed by atoms with van der Waals surface area (Å²) < 4.78 is 15.4. The molecule has 106 valence electrons. The molecule has 1 amide bonds. The number of rotatable bonds is 2. The average molecular weight is 282 g/mol. The number of fused-ring (bicyclic) bond motifs is 1. The van der Waals surface area contributed by atoms with Crippen LogP contribution >= 0.6 is 0 Å². The Hall–Kier alpha value is -2.62. The van der Waals surface area contributed by atoms with Gasteiger partial charge in [-0.1, -0.05) is 24.3 Å². The minimum absolute atomic E-state index is 0.241. The highest BCUT2D eigenvalue weighted by Gasteiger charge is 2.14. The maximum Gasteiger partial charge on any atom is 0.257 e. The number of aromatic nitrogens is 1. The molecule has 0 aliphatic carbocycles. The number of para-hydroxylation sites is 1. The molecule has 2 aromatic carbocycles. The van der Waals surface area contributed by atoms with Gasteiger partial charge in [0.1, 0.15) is 5.82 Å². The summed E-state index contributed by atoms with van der Waals surface area (Å²) in [6.07, 6.45) is 1.78. The maximum atomic E-state index is 13.5. The first kappa shape index (κ1) is 13.4. The lowest BCUT2D eigenvalue weighted by Gasteiger charge is -2.05. The van der Waals surface area contributed by atoms with E-state index in [-0.39, 0.29) is 11.7 Å². The van der Waals surface area contributed by atoms with E-state index in [2.05, 4.69) is 5.32 Å². The summed E-state index contributed by atoms with van der Waals surface area (Å²) in [7, 11) is 1.89. The van der Waals surface area contributed by atoms with Gasteiger partial charge in [0, 0.05) is 29.8 Å². The van der Waals surface area contributed by atoms with Crippen molar-refractivity contribution in [2.45, 2.75) is 6.92 Å². The van der Waals surface area contributed by atoms with E-state index in [9.17, 15) is 9.18 Å². The van der Waals surface area contributed by atoms with E-state index in [4.69, 9.17) is 0 Å². The van der Waals surface area contributed by atoms with Gasteiger partial charge in [-0.15, -0.1) is 0 Å². The number of hydrogen-bond acceptors (Lipinski definition) is 1. The zero-order chi connectivity index (χ0) is 15.0. The molecule has 0 unspecified atom stereocenters. The third-order valence-electron chi connectivity index (χ3n) is 3.57. The second kappa shape index (κ2) is 5.05. The van der Waals surface area contributed by atoms with Crippen LogP contribution in [-0.2, 0) is 7.05 Å². The molecule has 0 aliphatic rings. The summed E-state index contributed by atoms with van der Waals surface area (Å²) in [5.74, 6) is -0.569. The first-order valence-electron chi connectivity index (χ1n) is 6.68. The van der Waals surface area contributed by atoms with Crippen molar-refractivity contribution in [3.63, 3.8) is 0 Å². The number of nitrogens with one attached hydrogen (secondary N) is 1. The van der Waals surface area contributed by atoms with Crippen LogP contribution in [0.4, 0.5) is 10.1 Å². The lowest BCUT2D eigenvalue weighted by molar-refractivity contribution is 0.102. The van der Waals surface area contributed by atoms with Gasteiger partial charge in [0.15, 0.2) is 0 Å². The number of hydrogen-bond donors (Lipinski definition) is 1. The van der Waals surface area contributed by atoms with E-state index < -0.39 is 0 Å². The Balaban J connectivity index is 1.95. The molecule has 4 heteroatoms. The summed E-state index contributed by atoms with van der Waals surface area (Å²) in [6.45, 7) is 1.69. The molecule has 21 heavy (non-hydrogen) atoms. The van der Waals surface area contributed by atoms with Gasteiger partial charge in [0.05, 0.1) is 5.56 Å². The Morgan fingerprint density at radius 2 is 1.95 bits per heavy atom. The molecule has 0 fully saturated rings. The van der Waals surface area contributed by atoms with E-state index in [0.717, 1.165) is 10.9 Å². The highest BCUT2D eigenvalue weighted by atomic mass is 19.1. The van der Waals surface area contributed by atoms with Crippen LogP contribution in [0, 0.1) is 12.7 Å². The Morgan fingerprint density at radius 3 is 2.71 bits per heavy atom. The minimum Gasteiger partial charge on any atom is -0.350 e. The van der Waals surface area contributed by atoms with E-state index >= 15 is 0 Å². The van der Waals surface area contributed by atoms with Crippen molar-refractivity contribution in [2.75, 3.05) is 5.32 Å². The van der Waals surface area contributed by atoms with Crippen LogP contribution in [0.5, 0.6) is 0 Å². The van der Waals surface area contributed by atoms with Crippen LogP contribution in [0.1, 0.15) is 15.9 Å². The van der Waals surface area contributed by atoms with E-state index in [1.165, 1.54) is 6.07 Å². The predicted octanol–water partition coefficient (Wildman–Crippen LogP) is 3.88. The number of amides is 1. The first-order valence-corrected chi connectivity index (χ1v) is 6.68. The molecule has 0 aliphatic heterocycles. The lowest BCUT2D eigenvalue weighted by atomic mass is 10.1. The third-order valence-corrected chi connectivity index (χ3v) is 3.57. The molecule has 3 nitrogen and oxygen atoms in total. The molecule has 0 bridgehead atoms. The molecule has 0 atom stereocenters. The van der Waals surface area contributed by atoms with Crippen molar-refractivity contribution in [3.05, 3.63) is 65.6 Å². The molecular weight excluding hydrogens is 267 g/mol. The SMILES string of the molecule is Cc1ccc(NC(=O)c2cn(C)c3ccccc23)cc1F. The molecule has 0 radical (unpaired) electrons. The van der Waals surface area contributed by atoms with Crippen LogP contribution in [0.2, 0.25) is 0 Å². The molecule has 3 rings (SSSR count). The topological polar surface area (TPSA) is 34.0 Å². The fourth-order valence-electron chi connectivity index (χ4n) is 2.39. The zero-order valence-corrected chi connectivity index (χ0v) is 11.9. The Morgan fingerprint density at radius 1 is 1.19 bits per heavy atom. The molecule has 0 saturated carbocycles. The molecule has 1 N–H and O–H groups in total. The van der Waals surface area contributed by atoms with Crippen molar-refractivity contribution in [1.82, 2.24) is 4.57 Å². The van der Waals surface area contributed by atoms with Crippen molar-refractivity contribution in [1.29, 1.82) is 0 Å². The van der Waals surface area contributed by atoms with Gasteiger partial charge in [-0.05, 0) is 30.7 Å². The van der Waals surface area contributed by atoms with E-state index in [0.29, 0.717) is 16.8 Å². The van der Waals surface area contributed by atoms with Gasteiger partial charge in [-0.3, -0.25) is 4.79 Å². The fraction of sp³-hybridized carbons (Fsp3) is 0.118. The number of anilines is 1. The van der Waals surface area contributed by atoms with Crippen molar-refractivity contribution in [2.24, 2.45) is 7.05 Å². The van der Waals surface area contributed by atoms with E-state index in [1.54, 1.807) is 25.3 Å². The van der Waals surface area contributed by atoms with Crippen LogP contribution in [-0.4, -0.2) is 10.5 Å². The normalized spacial score (nSPS) is 10.8. The highest BCUT2D eigenvalue weighted by Crippen LogP contribution is 2.22. The fourth-order valence-corrected chi connectivity index (χ4v) is 2.39. The number of halogens is 1. The molecular formula is C17H15FN2O. The van der Waals surface area contributed by atoms with Gasteiger partial charge < -0.3 is 9.88 Å². The van der Waals surface area contributed by atoms with Crippen molar-refractivity contribution < 1.29 is 9.18 Å². The number of carbonyl (C=O) groups excluding carboxylic acids is 1. The second-order valence-electron chi connectivity index (χ2n) is 5.09. The summed E-state index contributed by atoms with van der Waals surface area (Å²) in [4.78, 5) is 12.4. The van der Waals surface area contributed by atoms with Gasteiger partial charge >= 0.3 is 0 Å². The van der Waals surface area contributed by atoms with Gasteiger partial charge in [0.2, 0.25) is 0 Å². The van der Waals surface area contributed by atoms with Gasteiger partial charge in [0.25, 0.3) is 5.91 Å². The molecule has 0 spiro atoms. The van der Waals surface area contributed by atoms with Crippen LogP contribution < -0.4 is 5.32 Å². The summed E-state index contributed by atoms with van der Waals surface area (Å²) in [5, 5.41) is 3.62. The largest absolute Gasteiger partial charge is 0.350 e. The Labute approximate surface area is 122 Å². The molecule has 3 aromatic rings. The lowest BCUT2D eigenvalue weighted by Crippen LogP contribution is -2.11.